The van der Waals surface area contributed by atoms with Gasteiger partial charge in [-0.3, -0.25) is 4.79 Å². The summed E-state index contributed by atoms with van der Waals surface area (Å²) in [6.07, 6.45) is 3.69. The fraction of sp³-hybridized carbons (Fsp3) is 0.733. The molecule has 1 rings (SSSR count). The first kappa shape index (κ1) is 16.7. The Morgan fingerprint density at radius 1 is 1.35 bits per heavy atom. The van der Waals surface area contributed by atoms with Crippen LogP contribution in [-0.2, 0) is 6.54 Å². The summed E-state index contributed by atoms with van der Waals surface area (Å²) in [4.78, 5) is 14.2. The number of nitrogens with zero attached hydrogens (tertiary/aromatic N) is 3. The van der Waals surface area contributed by atoms with Gasteiger partial charge in [-0.1, -0.05) is 13.8 Å². The Morgan fingerprint density at radius 3 is 2.50 bits per heavy atom. The van der Waals surface area contributed by atoms with E-state index in [0.717, 1.165) is 31.6 Å². The highest BCUT2D eigenvalue weighted by molar-refractivity contribution is 5.42. The summed E-state index contributed by atoms with van der Waals surface area (Å²) in [5.74, 6) is 0. The maximum absolute atomic E-state index is 12.1. The maximum Gasteiger partial charge on any atom is 0.268 e. The molecule has 0 saturated carbocycles. The highest BCUT2D eigenvalue weighted by Gasteiger charge is 2.15. The molecule has 0 aliphatic heterocycles. The summed E-state index contributed by atoms with van der Waals surface area (Å²) in [6.45, 7) is 11.5. The first-order valence-corrected chi connectivity index (χ1v) is 7.45. The van der Waals surface area contributed by atoms with Crippen molar-refractivity contribution < 1.29 is 0 Å². The van der Waals surface area contributed by atoms with E-state index in [4.69, 9.17) is 5.73 Å². The largest absolute Gasteiger partial charge is 0.371 e. The lowest BCUT2D eigenvalue weighted by atomic mass is 9.88. The molecular weight excluding hydrogens is 252 g/mol. The van der Waals surface area contributed by atoms with E-state index in [2.05, 4.69) is 37.7 Å². The molecule has 20 heavy (non-hydrogen) atoms. The molecule has 0 fully saturated rings. The molecule has 5 heteroatoms. The fourth-order valence-corrected chi connectivity index (χ4v) is 2.16. The smallest absolute Gasteiger partial charge is 0.268 e. The molecule has 0 aliphatic carbocycles. The number of rotatable bonds is 8. The number of aryl methyl sites for hydroxylation is 1. The van der Waals surface area contributed by atoms with Crippen molar-refractivity contribution in [2.24, 2.45) is 11.1 Å². The van der Waals surface area contributed by atoms with Crippen molar-refractivity contribution in [2.75, 3.05) is 24.5 Å². The number of hydrogen-bond acceptors (Lipinski definition) is 4. The maximum atomic E-state index is 12.1. The second-order valence-electron chi connectivity index (χ2n) is 5.92. The van der Waals surface area contributed by atoms with Crippen LogP contribution in [-0.4, -0.2) is 29.4 Å². The average molecular weight is 280 g/mol. The topological polar surface area (TPSA) is 64.2 Å². The predicted molar refractivity (Wildman–Crippen MR) is 84.1 cm³/mol. The minimum Gasteiger partial charge on any atom is -0.371 e. The molecule has 1 aromatic heterocycles. The van der Waals surface area contributed by atoms with Crippen LogP contribution in [0, 0.1) is 5.41 Å². The van der Waals surface area contributed by atoms with Crippen LogP contribution in [0.15, 0.2) is 17.1 Å². The molecule has 2 N–H and O–H groups in total. The molecule has 1 heterocycles. The molecular formula is C15H28N4O. The number of hydrogen-bond donors (Lipinski definition) is 1. The van der Waals surface area contributed by atoms with Crippen LogP contribution >= 0.6 is 0 Å². The number of aromatic nitrogens is 2. The molecule has 0 spiro atoms. The molecule has 0 atom stereocenters. The van der Waals surface area contributed by atoms with Gasteiger partial charge in [0, 0.05) is 25.7 Å². The second kappa shape index (κ2) is 7.43. The van der Waals surface area contributed by atoms with Crippen molar-refractivity contribution in [1.82, 2.24) is 9.78 Å². The van der Waals surface area contributed by atoms with Crippen LogP contribution < -0.4 is 16.2 Å². The monoisotopic (exact) mass is 280 g/mol. The molecule has 114 valence electrons. The normalized spacial score (nSPS) is 11.7. The molecule has 0 aromatic carbocycles. The first-order chi connectivity index (χ1) is 9.43. The lowest BCUT2D eigenvalue weighted by Crippen LogP contribution is -2.28. The van der Waals surface area contributed by atoms with E-state index in [1.54, 1.807) is 16.9 Å². The minimum atomic E-state index is -0.0278. The van der Waals surface area contributed by atoms with Gasteiger partial charge in [0.25, 0.3) is 5.56 Å². The van der Waals surface area contributed by atoms with Gasteiger partial charge in [0.2, 0.25) is 0 Å². The Bertz CT molecular complexity index is 463. The van der Waals surface area contributed by atoms with Crippen LogP contribution in [0.5, 0.6) is 0 Å². The summed E-state index contributed by atoms with van der Waals surface area (Å²) >= 11 is 0. The van der Waals surface area contributed by atoms with Gasteiger partial charge in [-0.2, -0.15) is 5.10 Å². The van der Waals surface area contributed by atoms with Gasteiger partial charge in [0.15, 0.2) is 0 Å². The third-order valence-electron chi connectivity index (χ3n) is 3.76. The SMILES string of the molecule is CCN(CC)c1cnn(CCCC(C)(C)CN)c(=O)c1. The molecule has 0 radical (unpaired) electrons. The minimum absolute atomic E-state index is 0.0278. The van der Waals surface area contributed by atoms with E-state index in [9.17, 15) is 4.79 Å². The van der Waals surface area contributed by atoms with Gasteiger partial charge in [-0.15, -0.1) is 0 Å². The van der Waals surface area contributed by atoms with Crippen molar-refractivity contribution in [2.45, 2.75) is 47.1 Å². The van der Waals surface area contributed by atoms with Crippen LogP contribution in [0.2, 0.25) is 0 Å². The van der Waals surface area contributed by atoms with Crippen LogP contribution in [0.25, 0.3) is 0 Å². The van der Waals surface area contributed by atoms with E-state index in [1.165, 1.54) is 0 Å². The van der Waals surface area contributed by atoms with Crippen molar-refractivity contribution >= 4 is 5.69 Å². The zero-order chi connectivity index (χ0) is 15.2. The van der Waals surface area contributed by atoms with E-state index in [1.807, 2.05) is 0 Å². The third kappa shape index (κ3) is 4.63. The fourth-order valence-electron chi connectivity index (χ4n) is 2.16. The zero-order valence-electron chi connectivity index (χ0n) is 13.2. The summed E-state index contributed by atoms with van der Waals surface area (Å²) in [6, 6.07) is 1.67. The van der Waals surface area contributed by atoms with Gasteiger partial charge >= 0.3 is 0 Å². The summed E-state index contributed by atoms with van der Waals surface area (Å²) in [5.41, 5.74) is 6.71. The molecule has 0 bridgehead atoms. The van der Waals surface area contributed by atoms with Crippen LogP contribution in [0.4, 0.5) is 5.69 Å². The summed E-state index contributed by atoms with van der Waals surface area (Å²) in [7, 11) is 0. The van der Waals surface area contributed by atoms with Crippen LogP contribution in [0.1, 0.15) is 40.5 Å². The van der Waals surface area contributed by atoms with Crippen molar-refractivity contribution in [3.05, 3.63) is 22.6 Å². The molecule has 5 nitrogen and oxygen atoms in total. The molecule has 1 aromatic rings. The highest BCUT2D eigenvalue weighted by atomic mass is 16.1. The standard InChI is InChI=1S/C15H28N4O/c1-5-18(6-2)13-10-14(20)19(17-11-13)9-7-8-15(3,4)12-16/h10-11H,5-9,12,16H2,1-4H3. The third-order valence-corrected chi connectivity index (χ3v) is 3.76. The first-order valence-electron chi connectivity index (χ1n) is 7.45. The van der Waals surface area contributed by atoms with Crippen molar-refractivity contribution in [3.63, 3.8) is 0 Å². The highest BCUT2D eigenvalue weighted by Crippen LogP contribution is 2.20. The Hall–Kier alpha value is -1.36. The van der Waals surface area contributed by atoms with E-state index in [-0.39, 0.29) is 11.0 Å². The Labute approximate surface area is 121 Å². The molecule has 0 unspecified atom stereocenters. The predicted octanol–water partition coefficient (Wildman–Crippen LogP) is 1.85. The van der Waals surface area contributed by atoms with Crippen molar-refractivity contribution in [1.29, 1.82) is 0 Å². The molecule has 0 aliphatic rings. The Balaban J connectivity index is 2.67. The summed E-state index contributed by atoms with van der Waals surface area (Å²) in [5, 5.41) is 4.27. The van der Waals surface area contributed by atoms with Crippen LogP contribution in [0.3, 0.4) is 0 Å². The average Bonchev–Trinajstić information content (AvgIpc) is 2.42. The van der Waals surface area contributed by atoms with E-state index in [0.29, 0.717) is 13.1 Å². The molecule has 0 amide bonds. The van der Waals surface area contributed by atoms with Crippen molar-refractivity contribution in [3.8, 4) is 0 Å². The number of anilines is 1. The van der Waals surface area contributed by atoms with Gasteiger partial charge in [0.05, 0.1) is 11.9 Å². The number of nitrogens with two attached hydrogens (primary N) is 1. The van der Waals surface area contributed by atoms with Gasteiger partial charge < -0.3 is 10.6 Å². The van der Waals surface area contributed by atoms with Gasteiger partial charge in [-0.05, 0) is 38.6 Å². The van der Waals surface area contributed by atoms with E-state index < -0.39 is 0 Å². The quantitative estimate of drug-likeness (QED) is 0.789. The zero-order valence-corrected chi connectivity index (χ0v) is 13.2. The summed E-state index contributed by atoms with van der Waals surface area (Å²) < 4.78 is 1.54. The lowest BCUT2D eigenvalue weighted by Gasteiger charge is -2.22. The Kier molecular flexibility index (Phi) is 6.20. The second-order valence-corrected chi connectivity index (χ2v) is 5.92. The van der Waals surface area contributed by atoms with Gasteiger partial charge in [-0.25, -0.2) is 4.68 Å². The van der Waals surface area contributed by atoms with Gasteiger partial charge in [0.1, 0.15) is 0 Å². The van der Waals surface area contributed by atoms with E-state index >= 15 is 0 Å². The Morgan fingerprint density at radius 2 is 2.00 bits per heavy atom. The molecule has 0 saturated heterocycles. The lowest BCUT2D eigenvalue weighted by molar-refractivity contribution is 0.322.